The number of aliphatic hydroxyl groups excluding tert-OH is 3. The molecule has 0 radical (unpaired) electrons. The minimum atomic E-state index is -1.80. The molecule has 194 valence electrons. The molecule has 1 fully saturated rings. The van der Waals surface area contributed by atoms with E-state index in [-0.39, 0.29) is 17.8 Å². The van der Waals surface area contributed by atoms with Crippen LogP contribution in [-0.2, 0) is 16.0 Å². The fourth-order valence-corrected chi connectivity index (χ4v) is 5.06. The smallest absolute Gasteiger partial charge is 0.335 e. The normalized spacial score (nSPS) is 30.2. The van der Waals surface area contributed by atoms with Crippen molar-refractivity contribution in [3.8, 4) is 28.7 Å². The van der Waals surface area contributed by atoms with Crippen molar-refractivity contribution in [2.24, 2.45) is 0 Å². The second-order valence-electron chi connectivity index (χ2n) is 8.88. The van der Waals surface area contributed by atoms with E-state index in [4.69, 9.17) is 28.4 Å². The summed E-state index contributed by atoms with van der Waals surface area (Å²) in [5.41, 5.74) is 2.66. The third-order valence-corrected chi connectivity index (χ3v) is 6.89. The molecule has 0 saturated carbocycles. The molecule has 36 heavy (non-hydrogen) atoms. The van der Waals surface area contributed by atoms with Crippen molar-refractivity contribution >= 4 is 5.97 Å². The number of rotatable bonds is 6. The first-order chi connectivity index (χ1) is 17.3. The van der Waals surface area contributed by atoms with Gasteiger partial charge in [-0.25, -0.2) is 4.79 Å². The van der Waals surface area contributed by atoms with Crippen LogP contribution in [0.2, 0.25) is 0 Å². The van der Waals surface area contributed by atoms with Gasteiger partial charge >= 0.3 is 5.97 Å². The summed E-state index contributed by atoms with van der Waals surface area (Å²) in [5.74, 6) is 0.897. The van der Waals surface area contributed by atoms with Crippen LogP contribution in [0.15, 0.2) is 24.3 Å². The van der Waals surface area contributed by atoms with E-state index < -0.39 is 36.7 Å². The SMILES string of the molecule is CCc1cc(O[C@@H]2O[C@H](C(=O)O)[C@@H](O)[C@H](O)[C@H]2O)cc2c1[C@@H]1Oc3c(ccc(OC)c3OC)[C@@H]1CO2. The predicted molar refractivity (Wildman–Crippen MR) is 122 cm³/mol. The van der Waals surface area contributed by atoms with Crippen molar-refractivity contribution in [1.82, 2.24) is 0 Å². The molecule has 0 aromatic heterocycles. The molecule has 0 spiro atoms. The molecule has 0 bridgehead atoms. The van der Waals surface area contributed by atoms with Crippen molar-refractivity contribution in [2.75, 3.05) is 20.8 Å². The summed E-state index contributed by atoms with van der Waals surface area (Å²) in [5, 5.41) is 39.6. The Morgan fingerprint density at radius 2 is 1.86 bits per heavy atom. The van der Waals surface area contributed by atoms with Crippen LogP contribution >= 0.6 is 0 Å². The Bertz CT molecular complexity index is 1150. The molecule has 7 atom stereocenters. The molecule has 4 N–H and O–H groups in total. The number of carboxylic acids is 1. The fourth-order valence-electron chi connectivity index (χ4n) is 5.06. The van der Waals surface area contributed by atoms with E-state index >= 15 is 0 Å². The molecule has 3 aliphatic heterocycles. The molecule has 1 saturated heterocycles. The van der Waals surface area contributed by atoms with E-state index in [0.717, 1.165) is 16.7 Å². The lowest BCUT2D eigenvalue weighted by Gasteiger charge is -2.38. The highest BCUT2D eigenvalue weighted by Crippen LogP contribution is 2.57. The number of carboxylic acid groups (broad SMARTS) is 1. The summed E-state index contributed by atoms with van der Waals surface area (Å²) < 4.78 is 34.5. The van der Waals surface area contributed by atoms with E-state index in [2.05, 4.69) is 0 Å². The Hall–Kier alpha value is -3.25. The van der Waals surface area contributed by atoms with Gasteiger partial charge in [-0.3, -0.25) is 0 Å². The van der Waals surface area contributed by atoms with E-state index in [1.54, 1.807) is 26.4 Å². The number of ether oxygens (including phenoxy) is 6. The molecule has 11 heteroatoms. The molecule has 5 rings (SSSR count). The van der Waals surface area contributed by atoms with Crippen LogP contribution in [0.5, 0.6) is 28.7 Å². The van der Waals surface area contributed by atoms with Gasteiger partial charge < -0.3 is 48.8 Å². The van der Waals surface area contributed by atoms with Crippen LogP contribution in [0.3, 0.4) is 0 Å². The highest BCUT2D eigenvalue weighted by Gasteiger charge is 2.49. The molecule has 3 heterocycles. The van der Waals surface area contributed by atoms with Crippen molar-refractivity contribution < 1.29 is 53.6 Å². The zero-order valence-corrected chi connectivity index (χ0v) is 19.9. The third-order valence-electron chi connectivity index (χ3n) is 6.89. The zero-order valence-electron chi connectivity index (χ0n) is 19.9. The summed E-state index contributed by atoms with van der Waals surface area (Å²) in [6.45, 7) is 2.29. The minimum absolute atomic E-state index is 0.0687. The lowest BCUT2D eigenvalue weighted by Crippen LogP contribution is -2.61. The van der Waals surface area contributed by atoms with Gasteiger partial charge in [-0.15, -0.1) is 0 Å². The largest absolute Gasteiger partial charge is 0.493 e. The number of hydrogen-bond donors (Lipinski definition) is 4. The van der Waals surface area contributed by atoms with Crippen LogP contribution in [0, 0.1) is 0 Å². The summed E-state index contributed by atoms with van der Waals surface area (Å²) >= 11 is 0. The Labute approximate surface area is 206 Å². The summed E-state index contributed by atoms with van der Waals surface area (Å²) in [4.78, 5) is 11.4. The molecular formula is C25H28O11. The molecule has 3 aliphatic rings. The average molecular weight is 504 g/mol. The van der Waals surface area contributed by atoms with Gasteiger partial charge in [0.15, 0.2) is 17.6 Å². The minimum Gasteiger partial charge on any atom is -0.493 e. The second kappa shape index (κ2) is 9.32. The van der Waals surface area contributed by atoms with Crippen molar-refractivity contribution in [1.29, 1.82) is 0 Å². The number of benzene rings is 2. The number of carbonyl (C=O) groups is 1. The Balaban J connectivity index is 1.46. The number of hydrogen-bond acceptors (Lipinski definition) is 10. The summed E-state index contributed by atoms with van der Waals surface area (Å²) in [6, 6.07) is 7.12. The number of fused-ring (bicyclic) bond motifs is 5. The van der Waals surface area contributed by atoms with E-state index in [0.29, 0.717) is 36.0 Å². The maximum Gasteiger partial charge on any atom is 0.335 e. The molecule has 2 aromatic carbocycles. The summed E-state index contributed by atoms with van der Waals surface area (Å²) in [6.07, 6.45) is -8.25. The molecule has 0 aliphatic carbocycles. The lowest BCUT2D eigenvalue weighted by molar-refractivity contribution is -0.271. The monoisotopic (exact) mass is 504 g/mol. The molecular weight excluding hydrogens is 476 g/mol. The van der Waals surface area contributed by atoms with Crippen LogP contribution < -0.4 is 23.7 Å². The highest BCUT2D eigenvalue weighted by atomic mass is 16.7. The van der Waals surface area contributed by atoms with Gasteiger partial charge in [0.1, 0.15) is 35.9 Å². The van der Waals surface area contributed by atoms with Gasteiger partial charge in [-0.2, -0.15) is 0 Å². The van der Waals surface area contributed by atoms with Crippen molar-refractivity contribution in [2.45, 2.75) is 56.1 Å². The number of aliphatic carboxylic acids is 1. The molecule has 0 amide bonds. The average Bonchev–Trinajstić information content (AvgIpc) is 3.26. The third kappa shape index (κ3) is 3.79. The molecule has 0 unspecified atom stereocenters. The predicted octanol–water partition coefficient (Wildman–Crippen LogP) is 1.15. The lowest BCUT2D eigenvalue weighted by atomic mass is 9.86. The van der Waals surface area contributed by atoms with Crippen LogP contribution in [0.1, 0.15) is 35.6 Å². The standard InChI is InChI=1S/C25H28O11/c1-4-10-7-11(34-25-19(28)17(26)18(27)23(36-25)24(29)30)8-15-16(10)20-13(9-33-15)12-5-6-14(31-2)22(32-3)21(12)35-20/h5-8,13,17-20,23,25-28H,4,9H2,1-3H3,(H,29,30)/t13-,17-,18-,19+,20+,23-,25+/m0/s1. The van der Waals surface area contributed by atoms with E-state index in [9.17, 15) is 25.2 Å². The topological polar surface area (TPSA) is 153 Å². The van der Waals surface area contributed by atoms with Gasteiger partial charge in [0.05, 0.1) is 26.7 Å². The van der Waals surface area contributed by atoms with Gasteiger partial charge in [-0.1, -0.05) is 13.0 Å². The van der Waals surface area contributed by atoms with E-state index in [1.165, 1.54) is 0 Å². The summed E-state index contributed by atoms with van der Waals surface area (Å²) in [7, 11) is 3.12. The Kier molecular flexibility index (Phi) is 6.33. The second-order valence-corrected chi connectivity index (χ2v) is 8.88. The first-order valence-electron chi connectivity index (χ1n) is 11.6. The number of aliphatic hydroxyl groups is 3. The van der Waals surface area contributed by atoms with Crippen molar-refractivity contribution in [3.63, 3.8) is 0 Å². The van der Waals surface area contributed by atoms with Crippen LogP contribution in [0.25, 0.3) is 0 Å². The van der Waals surface area contributed by atoms with Crippen LogP contribution in [-0.4, -0.2) is 77.9 Å². The quantitative estimate of drug-likeness (QED) is 0.448. The molecule has 2 aromatic rings. The molecule has 11 nitrogen and oxygen atoms in total. The first kappa shape index (κ1) is 24.4. The van der Waals surface area contributed by atoms with Crippen molar-refractivity contribution in [3.05, 3.63) is 41.0 Å². The highest BCUT2D eigenvalue weighted by molar-refractivity contribution is 5.73. The Morgan fingerprint density at radius 1 is 1.08 bits per heavy atom. The van der Waals surface area contributed by atoms with Gasteiger partial charge in [0.25, 0.3) is 0 Å². The van der Waals surface area contributed by atoms with E-state index in [1.807, 2.05) is 19.1 Å². The number of methoxy groups -OCH3 is 2. The fraction of sp³-hybridized carbons (Fsp3) is 0.480. The number of aryl methyl sites for hydroxylation is 1. The van der Waals surface area contributed by atoms with Gasteiger partial charge in [0.2, 0.25) is 12.0 Å². The maximum atomic E-state index is 11.4. The first-order valence-corrected chi connectivity index (χ1v) is 11.6. The van der Waals surface area contributed by atoms with Crippen LogP contribution in [0.4, 0.5) is 0 Å². The zero-order chi connectivity index (χ0) is 25.7. The Morgan fingerprint density at radius 3 is 2.53 bits per heavy atom. The van der Waals surface area contributed by atoms with Gasteiger partial charge in [0, 0.05) is 17.2 Å². The maximum absolute atomic E-state index is 11.4. The van der Waals surface area contributed by atoms with Gasteiger partial charge in [-0.05, 0) is 24.1 Å².